The first-order chi connectivity index (χ1) is 12.1. The van der Waals surface area contributed by atoms with Crippen molar-refractivity contribution in [2.75, 3.05) is 26.2 Å². The third kappa shape index (κ3) is 3.09. The van der Waals surface area contributed by atoms with Crippen LogP contribution in [0.4, 0.5) is 8.78 Å². The molecule has 2 aromatic rings. The lowest BCUT2D eigenvalue weighted by Crippen LogP contribution is -2.31. The summed E-state index contributed by atoms with van der Waals surface area (Å²) in [4.78, 5) is 14.7. The molecule has 0 radical (unpaired) electrons. The number of aromatic amines is 1. The van der Waals surface area contributed by atoms with Gasteiger partial charge in [0.2, 0.25) is 0 Å². The monoisotopic (exact) mass is 348 g/mol. The van der Waals surface area contributed by atoms with Crippen LogP contribution in [0.2, 0.25) is 0 Å². The van der Waals surface area contributed by atoms with E-state index in [2.05, 4.69) is 20.3 Å². The van der Waals surface area contributed by atoms with Crippen molar-refractivity contribution in [3.05, 3.63) is 36.0 Å². The quantitative estimate of drug-likeness (QED) is 0.886. The summed E-state index contributed by atoms with van der Waals surface area (Å²) >= 11 is 0. The Balaban J connectivity index is 1.57. The van der Waals surface area contributed by atoms with E-state index in [-0.39, 0.29) is 11.7 Å². The summed E-state index contributed by atoms with van der Waals surface area (Å²) in [5, 5.41) is 10.1. The Hall–Kier alpha value is -2.48. The molecule has 132 valence electrons. The van der Waals surface area contributed by atoms with Gasteiger partial charge in [-0.1, -0.05) is 12.1 Å². The number of rotatable bonds is 4. The van der Waals surface area contributed by atoms with Gasteiger partial charge in [0.25, 0.3) is 5.91 Å². The number of nitrogens with zero attached hydrogens (tertiary/aromatic N) is 2. The van der Waals surface area contributed by atoms with Crippen LogP contribution in [-0.2, 0) is 0 Å². The maximum Gasteiger partial charge on any atom is 0.387 e. The topological polar surface area (TPSA) is 70.2 Å². The van der Waals surface area contributed by atoms with Crippen molar-refractivity contribution in [2.24, 2.45) is 11.8 Å². The number of nitrogens with one attached hydrogen (secondary N) is 2. The van der Waals surface area contributed by atoms with Gasteiger partial charge in [-0.15, -0.1) is 0 Å². The van der Waals surface area contributed by atoms with Crippen molar-refractivity contribution in [3.8, 4) is 17.0 Å². The lowest BCUT2D eigenvalue weighted by atomic mass is 10.0. The Kier molecular flexibility index (Phi) is 4.12. The van der Waals surface area contributed by atoms with Crippen molar-refractivity contribution < 1.29 is 18.3 Å². The molecule has 0 saturated carbocycles. The summed E-state index contributed by atoms with van der Waals surface area (Å²) in [6.07, 6.45) is 1.49. The minimum Gasteiger partial charge on any atom is -0.435 e. The molecule has 1 amide bonds. The molecule has 1 aromatic carbocycles. The van der Waals surface area contributed by atoms with E-state index in [1.807, 2.05) is 4.90 Å². The molecule has 25 heavy (non-hydrogen) atoms. The second-order valence-electron chi connectivity index (χ2n) is 6.45. The molecule has 2 atom stereocenters. The Morgan fingerprint density at radius 1 is 1.28 bits per heavy atom. The van der Waals surface area contributed by atoms with Crippen LogP contribution in [0.25, 0.3) is 11.3 Å². The molecule has 4 rings (SSSR count). The number of benzene rings is 1. The third-order valence-corrected chi connectivity index (χ3v) is 4.89. The molecule has 0 unspecified atom stereocenters. The zero-order valence-corrected chi connectivity index (χ0v) is 13.4. The minimum atomic E-state index is -2.89. The number of hydrogen-bond acceptors (Lipinski definition) is 4. The number of aromatic nitrogens is 2. The zero-order chi connectivity index (χ0) is 17.4. The van der Waals surface area contributed by atoms with Crippen LogP contribution >= 0.6 is 0 Å². The first-order valence-corrected chi connectivity index (χ1v) is 8.20. The number of H-pyrrole nitrogens is 1. The highest BCUT2D eigenvalue weighted by Gasteiger charge is 2.39. The van der Waals surface area contributed by atoms with Crippen molar-refractivity contribution in [1.82, 2.24) is 20.4 Å². The molecule has 2 N–H and O–H groups in total. The smallest absolute Gasteiger partial charge is 0.387 e. The molecule has 2 fully saturated rings. The molecule has 2 aliphatic heterocycles. The fourth-order valence-corrected chi connectivity index (χ4v) is 3.69. The first-order valence-electron chi connectivity index (χ1n) is 8.20. The van der Waals surface area contributed by atoms with Gasteiger partial charge < -0.3 is 15.0 Å². The predicted octanol–water partition coefficient (Wildman–Crippen LogP) is 1.97. The van der Waals surface area contributed by atoms with E-state index >= 15 is 0 Å². The van der Waals surface area contributed by atoms with Crippen LogP contribution in [0.3, 0.4) is 0 Å². The number of carbonyl (C=O) groups is 1. The van der Waals surface area contributed by atoms with E-state index in [0.29, 0.717) is 28.7 Å². The Morgan fingerprint density at radius 2 is 2.04 bits per heavy atom. The van der Waals surface area contributed by atoms with Gasteiger partial charge in [0, 0.05) is 31.7 Å². The SMILES string of the molecule is O=C(c1cn[nH]c1-c1cccc(OC(F)F)c1)N1C[C@H]2CNC[C@H]2C1. The van der Waals surface area contributed by atoms with Gasteiger partial charge in [0.1, 0.15) is 5.75 Å². The molecular weight excluding hydrogens is 330 g/mol. The number of alkyl halides is 2. The number of carbonyl (C=O) groups excluding carboxylic acids is 1. The number of amides is 1. The molecule has 2 saturated heterocycles. The number of halogens is 2. The molecular formula is C17H18F2N4O2. The summed E-state index contributed by atoms with van der Waals surface area (Å²) in [7, 11) is 0. The van der Waals surface area contributed by atoms with E-state index < -0.39 is 6.61 Å². The minimum absolute atomic E-state index is 0.0438. The zero-order valence-electron chi connectivity index (χ0n) is 13.4. The Labute approximate surface area is 143 Å². The number of fused-ring (bicyclic) bond motifs is 1. The van der Waals surface area contributed by atoms with Crippen LogP contribution in [-0.4, -0.2) is 53.8 Å². The largest absolute Gasteiger partial charge is 0.435 e. The van der Waals surface area contributed by atoms with Crippen LogP contribution in [0.15, 0.2) is 30.5 Å². The van der Waals surface area contributed by atoms with Crippen molar-refractivity contribution in [2.45, 2.75) is 6.61 Å². The van der Waals surface area contributed by atoms with Crippen molar-refractivity contribution in [1.29, 1.82) is 0 Å². The maximum atomic E-state index is 12.9. The van der Waals surface area contributed by atoms with Crippen LogP contribution in [0.5, 0.6) is 5.75 Å². The van der Waals surface area contributed by atoms with Crippen molar-refractivity contribution >= 4 is 5.91 Å². The average Bonchev–Trinajstić information content (AvgIpc) is 3.29. The summed E-state index contributed by atoms with van der Waals surface area (Å²) in [6.45, 7) is 0.459. The van der Waals surface area contributed by atoms with Gasteiger partial charge >= 0.3 is 6.61 Å². The normalized spacial score (nSPS) is 22.4. The lowest BCUT2D eigenvalue weighted by Gasteiger charge is -2.17. The fourth-order valence-electron chi connectivity index (χ4n) is 3.69. The van der Waals surface area contributed by atoms with Crippen molar-refractivity contribution in [3.63, 3.8) is 0 Å². The fraction of sp³-hybridized carbons (Fsp3) is 0.412. The molecule has 0 aliphatic carbocycles. The summed E-state index contributed by atoms with van der Waals surface area (Å²) < 4.78 is 29.3. The van der Waals surface area contributed by atoms with Gasteiger partial charge in [0.05, 0.1) is 17.5 Å². The second-order valence-corrected chi connectivity index (χ2v) is 6.45. The molecule has 6 nitrogen and oxygen atoms in total. The predicted molar refractivity (Wildman–Crippen MR) is 86.4 cm³/mol. The van der Waals surface area contributed by atoms with E-state index in [0.717, 1.165) is 26.2 Å². The average molecular weight is 348 g/mol. The summed E-state index contributed by atoms with van der Waals surface area (Å²) in [6, 6.07) is 6.25. The second kappa shape index (κ2) is 6.44. The highest BCUT2D eigenvalue weighted by molar-refractivity contribution is 6.00. The number of ether oxygens (including phenoxy) is 1. The summed E-state index contributed by atoms with van der Waals surface area (Å²) in [5.41, 5.74) is 1.54. The van der Waals surface area contributed by atoms with Gasteiger partial charge in [-0.05, 0) is 24.0 Å². The Morgan fingerprint density at radius 3 is 2.76 bits per heavy atom. The van der Waals surface area contributed by atoms with E-state index in [1.54, 1.807) is 12.1 Å². The van der Waals surface area contributed by atoms with Gasteiger partial charge in [0.15, 0.2) is 0 Å². The molecule has 8 heteroatoms. The molecule has 3 heterocycles. The maximum absolute atomic E-state index is 12.9. The van der Waals surface area contributed by atoms with Crippen LogP contribution < -0.4 is 10.1 Å². The standard InChI is InChI=1S/C17H18F2N4O2/c18-17(19)25-13-3-1-2-10(4-13)15-14(7-21-22-15)16(24)23-8-11-5-20-6-12(11)9-23/h1-4,7,11-12,17,20H,5-6,8-9H2,(H,21,22)/t11-,12+. The van der Waals surface area contributed by atoms with Gasteiger partial charge in [-0.25, -0.2) is 0 Å². The lowest BCUT2D eigenvalue weighted by molar-refractivity contribution is -0.0498. The first kappa shape index (κ1) is 16.0. The third-order valence-electron chi connectivity index (χ3n) is 4.89. The number of hydrogen-bond donors (Lipinski definition) is 2. The van der Waals surface area contributed by atoms with E-state index in [1.165, 1.54) is 18.3 Å². The highest BCUT2D eigenvalue weighted by Crippen LogP contribution is 2.30. The number of likely N-dealkylation sites (tertiary alicyclic amines) is 1. The van der Waals surface area contributed by atoms with Gasteiger partial charge in [-0.2, -0.15) is 13.9 Å². The van der Waals surface area contributed by atoms with Crippen LogP contribution in [0.1, 0.15) is 10.4 Å². The van der Waals surface area contributed by atoms with E-state index in [4.69, 9.17) is 0 Å². The van der Waals surface area contributed by atoms with Gasteiger partial charge in [-0.3, -0.25) is 9.89 Å². The highest BCUT2D eigenvalue weighted by atomic mass is 19.3. The molecule has 2 aliphatic rings. The van der Waals surface area contributed by atoms with E-state index in [9.17, 15) is 13.6 Å². The Bertz CT molecular complexity index is 768. The van der Waals surface area contributed by atoms with Crippen LogP contribution in [0, 0.1) is 11.8 Å². The summed E-state index contributed by atoms with van der Waals surface area (Å²) in [5.74, 6) is 0.963. The molecule has 1 aromatic heterocycles. The molecule has 0 bridgehead atoms. The molecule has 0 spiro atoms.